The minimum absolute atomic E-state index is 0.632. The van der Waals surface area contributed by atoms with Gasteiger partial charge in [-0.1, -0.05) is 26.7 Å². The molecule has 61 valence electrons. The highest BCUT2D eigenvalue weighted by molar-refractivity contribution is 4.69. The predicted octanol–water partition coefficient (Wildman–Crippen LogP) is 3.02. The summed E-state index contributed by atoms with van der Waals surface area (Å²) in [5.74, 6) is 0.632. The van der Waals surface area contributed by atoms with E-state index in [2.05, 4.69) is 13.8 Å². The number of rotatable bonds is 4. The first-order valence-electron chi connectivity index (χ1n) is 4.20. The highest BCUT2D eigenvalue weighted by atomic mass is 16.3. The van der Waals surface area contributed by atoms with Gasteiger partial charge in [-0.15, -0.1) is 0 Å². The SMILES string of the molecule is CCC(CC)CC(C)(C)[O]. The van der Waals surface area contributed by atoms with Crippen molar-refractivity contribution in [1.82, 2.24) is 0 Å². The maximum atomic E-state index is 11.2. The van der Waals surface area contributed by atoms with Gasteiger partial charge in [-0.3, -0.25) is 0 Å². The summed E-state index contributed by atoms with van der Waals surface area (Å²) in [7, 11) is 0. The highest BCUT2D eigenvalue weighted by Crippen LogP contribution is 2.21. The van der Waals surface area contributed by atoms with Crippen LogP contribution in [0.1, 0.15) is 47.0 Å². The molecule has 0 amide bonds. The molecule has 0 aliphatic rings. The van der Waals surface area contributed by atoms with E-state index in [-0.39, 0.29) is 0 Å². The molecule has 0 aromatic carbocycles. The molecule has 0 heterocycles. The Labute approximate surface area is 64.5 Å². The smallest absolute Gasteiger partial charge is 0.0983 e. The van der Waals surface area contributed by atoms with Gasteiger partial charge in [0.1, 0.15) is 0 Å². The van der Waals surface area contributed by atoms with E-state index in [9.17, 15) is 5.11 Å². The average molecular weight is 143 g/mol. The summed E-state index contributed by atoms with van der Waals surface area (Å²) < 4.78 is 0. The molecule has 0 fully saturated rings. The van der Waals surface area contributed by atoms with E-state index >= 15 is 0 Å². The third-order valence-corrected chi connectivity index (χ3v) is 1.93. The van der Waals surface area contributed by atoms with E-state index in [1.807, 2.05) is 0 Å². The highest BCUT2D eigenvalue weighted by Gasteiger charge is 2.19. The van der Waals surface area contributed by atoms with Crippen molar-refractivity contribution in [2.45, 2.75) is 52.6 Å². The second-order valence-electron chi connectivity index (χ2n) is 3.65. The Morgan fingerprint density at radius 3 is 1.70 bits per heavy atom. The molecule has 0 spiro atoms. The number of hydrogen-bond donors (Lipinski definition) is 0. The summed E-state index contributed by atoms with van der Waals surface area (Å²) in [6.45, 7) is 7.84. The van der Waals surface area contributed by atoms with Gasteiger partial charge in [0.05, 0.1) is 5.60 Å². The summed E-state index contributed by atoms with van der Waals surface area (Å²) >= 11 is 0. The van der Waals surface area contributed by atoms with Crippen LogP contribution < -0.4 is 0 Å². The van der Waals surface area contributed by atoms with Crippen LogP contribution in [0.4, 0.5) is 0 Å². The fourth-order valence-corrected chi connectivity index (χ4v) is 1.27. The summed E-state index contributed by atoms with van der Waals surface area (Å²) in [4.78, 5) is 0. The molecule has 0 N–H and O–H groups in total. The van der Waals surface area contributed by atoms with Crippen LogP contribution in [-0.4, -0.2) is 5.60 Å². The van der Waals surface area contributed by atoms with Crippen LogP contribution in [0.15, 0.2) is 0 Å². The van der Waals surface area contributed by atoms with Crippen LogP contribution in [0.25, 0.3) is 0 Å². The van der Waals surface area contributed by atoms with Gasteiger partial charge in [0.25, 0.3) is 0 Å². The molecular weight excluding hydrogens is 124 g/mol. The third-order valence-electron chi connectivity index (χ3n) is 1.93. The molecule has 0 atom stereocenters. The Bertz CT molecular complexity index is 77.2. The summed E-state index contributed by atoms with van der Waals surface area (Å²) in [6.07, 6.45) is 3.10. The first-order valence-corrected chi connectivity index (χ1v) is 4.20. The first-order chi connectivity index (χ1) is 4.49. The average Bonchev–Trinajstić information content (AvgIpc) is 1.81. The van der Waals surface area contributed by atoms with Crippen LogP contribution in [0.3, 0.4) is 0 Å². The molecule has 10 heavy (non-hydrogen) atoms. The fraction of sp³-hybridized carbons (Fsp3) is 1.00. The lowest BCUT2D eigenvalue weighted by Gasteiger charge is -2.20. The molecule has 0 aromatic heterocycles. The minimum Gasteiger partial charge on any atom is -0.230 e. The lowest BCUT2D eigenvalue weighted by atomic mass is 9.90. The zero-order valence-electron chi connectivity index (χ0n) is 7.61. The Hall–Kier alpha value is -0.0400. The molecular formula is C9H19O. The first kappa shape index (κ1) is 9.96. The van der Waals surface area contributed by atoms with E-state index < -0.39 is 5.60 Å². The van der Waals surface area contributed by atoms with Crippen molar-refractivity contribution in [3.63, 3.8) is 0 Å². The van der Waals surface area contributed by atoms with Gasteiger partial charge in [-0.25, -0.2) is 5.11 Å². The molecule has 1 heteroatoms. The maximum absolute atomic E-state index is 11.2. The zero-order chi connectivity index (χ0) is 8.20. The van der Waals surface area contributed by atoms with Gasteiger partial charge in [0.2, 0.25) is 0 Å². The van der Waals surface area contributed by atoms with Gasteiger partial charge in [-0.2, -0.15) is 0 Å². The molecule has 0 unspecified atom stereocenters. The third kappa shape index (κ3) is 4.80. The van der Waals surface area contributed by atoms with Crippen molar-refractivity contribution in [3.8, 4) is 0 Å². The topological polar surface area (TPSA) is 19.9 Å². The normalized spacial score (nSPS) is 12.6. The Morgan fingerprint density at radius 2 is 1.60 bits per heavy atom. The minimum atomic E-state index is -0.726. The molecule has 0 bridgehead atoms. The molecule has 0 rings (SSSR count). The van der Waals surface area contributed by atoms with Crippen molar-refractivity contribution < 1.29 is 5.11 Å². The molecule has 0 aliphatic heterocycles. The van der Waals surface area contributed by atoms with Gasteiger partial charge < -0.3 is 0 Å². The van der Waals surface area contributed by atoms with Gasteiger partial charge in [0.15, 0.2) is 0 Å². The van der Waals surface area contributed by atoms with Gasteiger partial charge in [-0.05, 0) is 26.2 Å². The Kier molecular flexibility index (Phi) is 3.95. The predicted molar refractivity (Wildman–Crippen MR) is 43.5 cm³/mol. The van der Waals surface area contributed by atoms with Gasteiger partial charge >= 0.3 is 0 Å². The molecule has 1 radical (unpaired) electrons. The van der Waals surface area contributed by atoms with Crippen LogP contribution in [0.2, 0.25) is 0 Å². The molecule has 1 nitrogen and oxygen atoms in total. The number of hydrogen-bond acceptors (Lipinski definition) is 0. The van der Waals surface area contributed by atoms with Crippen molar-refractivity contribution in [2.75, 3.05) is 0 Å². The Morgan fingerprint density at radius 1 is 1.20 bits per heavy atom. The molecule has 0 saturated carbocycles. The van der Waals surface area contributed by atoms with Crippen molar-refractivity contribution in [3.05, 3.63) is 0 Å². The quantitative estimate of drug-likeness (QED) is 0.576. The second kappa shape index (κ2) is 3.97. The van der Waals surface area contributed by atoms with E-state index in [4.69, 9.17) is 0 Å². The van der Waals surface area contributed by atoms with Crippen LogP contribution in [0, 0.1) is 5.92 Å². The standard InChI is InChI=1S/C9H19O/c1-5-8(6-2)7-9(3,4)10/h8H,5-7H2,1-4H3. The van der Waals surface area contributed by atoms with E-state index in [0.29, 0.717) is 5.92 Å². The zero-order valence-corrected chi connectivity index (χ0v) is 7.61. The lowest BCUT2D eigenvalue weighted by Crippen LogP contribution is -2.20. The van der Waals surface area contributed by atoms with Gasteiger partial charge in [0, 0.05) is 0 Å². The molecule has 0 aliphatic carbocycles. The molecule has 0 saturated heterocycles. The van der Waals surface area contributed by atoms with Crippen molar-refractivity contribution >= 4 is 0 Å². The van der Waals surface area contributed by atoms with E-state index in [1.165, 1.54) is 0 Å². The van der Waals surface area contributed by atoms with Crippen LogP contribution >= 0.6 is 0 Å². The van der Waals surface area contributed by atoms with E-state index in [1.54, 1.807) is 13.8 Å². The Balaban J connectivity index is 3.63. The summed E-state index contributed by atoms with van der Waals surface area (Å²) in [5, 5.41) is 11.2. The summed E-state index contributed by atoms with van der Waals surface area (Å²) in [6, 6.07) is 0. The summed E-state index contributed by atoms with van der Waals surface area (Å²) in [5.41, 5.74) is -0.726. The molecule has 0 aromatic rings. The van der Waals surface area contributed by atoms with E-state index in [0.717, 1.165) is 19.3 Å². The lowest BCUT2D eigenvalue weighted by molar-refractivity contribution is -0.0172. The van der Waals surface area contributed by atoms with Crippen LogP contribution in [-0.2, 0) is 5.11 Å². The van der Waals surface area contributed by atoms with Crippen LogP contribution in [0.5, 0.6) is 0 Å². The monoisotopic (exact) mass is 143 g/mol. The van der Waals surface area contributed by atoms with Crippen molar-refractivity contribution in [2.24, 2.45) is 5.92 Å². The fourth-order valence-electron chi connectivity index (χ4n) is 1.27. The maximum Gasteiger partial charge on any atom is 0.0983 e. The second-order valence-corrected chi connectivity index (χ2v) is 3.65. The largest absolute Gasteiger partial charge is 0.230 e. The van der Waals surface area contributed by atoms with Crippen molar-refractivity contribution in [1.29, 1.82) is 0 Å².